The molecule has 23 heavy (non-hydrogen) atoms. The summed E-state index contributed by atoms with van der Waals surface area (Å²) in [6.45, 7) is 5.61. The van der Waals surface area contributed by atoms with Gasteiger partial charge in [0.2, 0.25) is 11.8 Å². The van der Waals surface area contributed by atoms with Gasteiger partial charge in [0.25, 0.3) is 0 Å². The van der Waals surface area contributed by atoms with Crippen molar-refractivity contribution in [2.24, 2.45) is 0 Å². The highest BCUT2D eigenvalue weighted by molar-refractivity contribution is 5.76. The highest BCUT2D eigenvalue weighted by Crippen LogP contribution is 2.22. The molecule has 1 saturated heterocycles. The van der Waals surface area contributed by atoms with Gasteiger partial charge >= 0.3 is 0 Å². The Morgan fingerprint density at radius 2 is 2.35 bits per heavy atom. The summed E-state index contributed by atoms with van der Waals surface area (Å²) in [6.07, 6.45) is 8.59. The summed E-state index contributed by atoms with van der Waals surface area (Å²) < 4.78 is 7.29. The minimum absolute atomic E-state index is 0.152. The van der Waals surface area contributed by atoms with Gasteiger partial charge in [-0.1, -0.05) is 19.0 Å². The summed E-state index contributed by atoms with van der Waals surface area (Å²) in [5, 5.41) is 3.93. The summed E-state index contributed by atoms with van der Waals surface area (Å²) >= 11 is 0. The number of amides is 1. The van der Waals surface area contributed by atoms with Crippen molar-refractivity contribution in [2.75, 3.05) is 13.1 Å². The molecule has 0 unspecified atom stereocenters. The number of aromatic nitrogens is 4. The molecule has 124 valence electrons. The van der Waals surface area contributed by atoms with E-state index < -0.39 is 0 Å². The van der Waals surface area contributed by atoms with Crippen LogP contribution in [0.3, 0.4) is 0 Å². The van der Waals surface area contributed by atoms with E-state index in [1.54, 1.807) is 6.20 Å². The van der Waals surface area contributed by atoms with E-state index in [1.165, 1.54) is 0 Å². The average Bonchev–Trinajstić information content (AvgIpc) is 3.24. The summed E-state index contributed by atoms with van der Waals surface area (Å²) in [5.41, 5.74) is 0. The molecule has 7 nitrogen and oxygen atoms in total. The van der Waals surface area contributed by atoms with Gasteiger partial charge in [-0.15, -0.1) is 0 Å². The van der Waals surface area contributed by atoms with E-state index in [-0.39, 0.29) is 11.8 Å². The van der Waals surface area contributed by atoms with E-state index in [9.17, 15) is 4.79 Å². The van der Waals surface area contributed by atoms with E-state index in [2.05, 4.69) is 19.7 Å². The smallest absolute Gasteiger partial charge is 0.227 e. The van der Waals surface area contributed by atoms with Gasteiger partial charge in [-0.2, -0.15) is 4.98 Å². The Kier molecular flexibility index (Phi) is 4.73. The number of hydrogen-bond donors (Lipinski definition) is 0. The van der Waals surface area contributed by atoms with E-state index in [1.807, 2.05) is 31.3 Å². The van der Waals surface area contributed by atoms with Gasteiger partial charge in [-0.25, -0.2) is 4.98 Å². The molecule has 0 N–H and O–H groups in total. The first-order valence-corrected chi connectivity index (χ1v) is 8.21. The monoisotopic (exact) mass is 317 g/mol. The number of hydrogen-bond acceptors (Lipinski definition) is 5. The number of likely N-dealkylation sites (tertiary alicyclic amines) is 1. The lowest BCUT2D eigenvalue weighted by molar-refractivity contribution is -0.132. The normalized spacial score (nSPS) is 18.6. The van der Waals surface area contributed by atoms with E-state index in [4.69, 9.17) is 4.52 Å². The number of nitrogens with zero attached hydrogens (tertiary/aromatic N) is 5. The summed E-state index contributed by atoms with van der Waals surface area (Å²) in [6, 6.07) is 0.325. The second-order valence-electron chi connectivity index (χ2n) is 6.35. The van der Waals surface area contributed by atoms with Crippen molar-refractivity contribution in [3.05, 3.63) is 30.4 Å². The Labute approximate surface area is 135 Å². The van der Waals surface area contributed by atoms with Crippen LogP contribution in [0.1, 0.15) is 56.8 Å². The minimum atomic E-state index is 0.152. The van der Waals surface area contributed by atoms with Gasteiger partial charge in [0.15, 0.2) is 5.82 Å². The molecule has 0 saturated carbocycles. The largest absolute Gasteiger partial charge is 0.341 e. The molecule has 1 fully saturated rings. The maximum atomic E-state index is 12.4. The minimum Gasteiger partial charge on any atom is -0.341 e. The Balaban J connectivity index is 1.53. The van der Waals surface area contributed by atoms with Gasteiger partial charge in [-0.05, 0) is 12.8 Å². The van der Waals surface area contributed by atoms with Crippen molar-refractivity contribution in [2.45, 2.75) is 51.5 Å². The third-order valence-electron chi connectivity index (χ3n) is 4.25. The van der Waals surface area contributed by atoms with Crippen LogP contribution in [-0.4, -0.2) is 43.6 Å². The van der Waals surface area contributed by atoms with Crippen LogP contribution in [0.4, 0.5) is 0 Å². The van der Waals surface area contributed by atoms with E-state index in [0.29, 0.717) is 30.6 Å². The zero-order valence-corrected chi connectivity index (χ0v) is 13.7. The highest BCUT2D eigenvalue weighted by Gasteiger charge is 2.24. The fourth-order valence-corrected chi connectivity index (χ4v) is 2.89. The maximum absolute atomic E-state index is 12.4. The Morgan fingerprint density at radius 3 is 3.04 bits per heavy atom. The Hall–Kier alpha value is -2.18. The van der Waals surface area contributed by atoms with Gasteiger partial charge in [-0.3, -0.25) is 4.79 Å². The molecule has 1 atom stereocenters. The van der Waals surface area contributed by atoms with Crippen LogP contribution >= 0.6 is 0 Å². The Morgan fingerprint density at radius 1 is 1.48 bits per heavy atom. The SMILES string of the molecule is CC(C)c1noc(CCC(=O)N2CCC[C@@H](n3ccnc3)C2)n1. The van der Waals surface area contributed by atoms with Crippen LogP contribution in [0, 0.1) is 0 Å². The predicted octanol–water partition coefficient (Wildman–Crippen LogP) is 2.19. The quantitative estimate of drug-likeness (QED) is 0.845. The average molecular weight is 317 g/mol. The molecule has 1 aliphatic heterocycles. The third-order valence-corrected chi connectivity index (χ3v) is 4.25. The van der Waals surface area contributed by atoms with Gasteiger partial charge in [0, 0.05) is 44.2 Å². The molecule has 1 aliphatic rings. The first kappa shape index (κ1) is 15.7. The number of aryl methyl sites for hydroxylation is 1. The fourth-order valence-electron chi connectivity index (χ4n) is 2.89. The van der Waals surface area contributed by atoms with E-state index >= 15 is 0 Å². The molecule has 3 heterocycles. The fraction of sp³-hybridized carbons (Fsp3) is 0.625. The maximum Gasteiger partial charge on any atom is 0.227 e. The van der Waals surface area contributed by atoms with Crippen molar-refractivity contribution in [3.8, 4) is 0 Å². The number of imidazole rings is 1. The van der Waals surface area contributed by atoms with Gasteiger partial charge in [0.1, 0.15) is 0 Å². The highest BCUT2D eigenvalue weighted by atomic mass is 16.5. The molecular weight excluding hydrogens is 294 g/mol. The molecule has 0 aromatic carbocycles. The number of piperidine rings is 1. The van der Waals surface area contributed by atoms with Crippen molar-refractivity contribution in [3.63, 3.8) is 0 Å². The zero-order chi connectivity index (χ0) is 16.2. The second kappa shape index (κ2) is 6.93. The second-order valence-corrected chi connectivity index (χ2v) is 6.35. The van der Waals surface area contributed by atoms with Crippen molar-refractivity contribution in [1.29, 1.82) is 0 Å². The first-order chi connectivity index (χ1) is 11.1. The van der Waals surface area contributed by atoms with E-state index in [0.717, 1.165) is 25.9 Å². The topological polar surface area (TPSA) is 77.0 Å². The van der Waals surface area contributed by atoms with Crippen molar-refractivity contribution >= 4 is 5.91 Å². The van der Waals surface area contributed by atoms with Crippen LogP contribution in [0.15, 0.2) is 23.2 Å². The van der Waals surface area contributed by atoms with Crippen molar-refractivity contribution < 1.29 is 9.32 Å². The van der Waals surface area contributed by atoms with Crippen LogP contribution in [0.25, 0.3) is 0 Å². The number of carbonyl (C=O) groups is 1. The molecule has 7 heteroatoms. The molecular formula is C16H23N5O2. The molecule has 0 spiro atoms. The van der Waals surface area contributed by atoms with Gasteiger partial charge in [0.05, 0.1) is 12.4 Å². The summed E-state index contributed by atoms with van der Waals surface area (Å²) in [7, 11) is 0. The van der Waals surface area contributed by atoms with Gasteiger partial charge < -0.3 is 14.0 Å². The van der Waals surface area contributed by atoms with Crippen LogP contribution < -0.4 is 0 Å². The number of rotatable bonds is 5. The summed E-state index contributed by atoms with van der Waals surface area (Å²) in [4.78, 5) is 22.8. The van der Waals surface area contributed by atoms with Crippen LogP contribution in [-0.2, 0) is 11.2 Å². The predicted molar refractivity (Wildman–Crippen MR) is 83.8 cm³/mol. The lowest BCUT2D eigenvalue weighted by atomic mass is 10.0. The summed E-state index contributed by atoms with van der Waals surface area (Å²) in [5.74, 6) is 1.64. The lowest BCUT2D eigenvalue weighted by Gasteiger charge is -2.33. The molecule has 1 amide bonds. The molecule has 0 bridgehead atoms. The molecule has 2 aromatic rings. The standard InChI is InChI=1S/C16H23N5O2/c1-12(2)16-18-14(23-19-16)5-6-15(22)20-8-3-4-13(10-20)21-9-7-17-11-21/h7,9,11-13H,3-6,8,10H2,1-2H3/t13-/m1/s1. The molecule has 2 aromatic heterocycles. The first-order valence-electron chi connectivity index (χ1n) is 8.21. The molecule has 3 rings (SSSR count). The lowest BCUT2D eigenvalue weighted by Crippen LogP contribution is -2.40. The van der Waals surface area contributed by atoms with Crippen LogP contribution in [0.5, 0.6) is 0 Å². The molecule has 0 radical (unpaired) electrons. The zero-order valence-electron chi connectivity index (χ0n) is 13.7. The molecule has 0 aliphatic carbocycles. The van der Waals surface area contributed by atoms with Crippen LogP contribution in [0.2, 0.25) is 0 Å². The Bertz CT molecular complexity index is 635. The van der Waals surface area contributed by atoms with Crippen molar-refractivity contribution in [1.82, 2.24) is 24.6 Å². The number of carbonyl (C=O) groups excluding carboxylic acids is 1. The third kappa shape index (κ3) is 3.78.